The number of aromatic nitrogens is 1. The summed E-state index contributed by atoms with van der Waals surface area (Å²) in [5.74, 6) is 0.265. The lowest BCUT2D eigenvalue weighted by molar-refractivity contribution is -0.122. The van der Waals surface area contributed by atoms with Crippen LogP contribution in [0.5, 0.6) is 0 Å². The first-order chi connectivity index (χ1) is 21.3. The zero-order valence-corrected chi connectivity index (χ0v) is 27.9. The summed E-state index contributed by atoms with van der Waals surface area (Å²) in [5, 5.41) is 9.82. The number of rotatable bonds is 14. The molecule has 2 fully saturated rings. The standard InChI is InChI=1S/C34H44FN5O2S2/c1-4-5-6-7-8-9-10-11-12-15-18-40-33(42)30(44-34(40)43)23-26-25(2)27(24-36)32(41)37(3)31(26)39-21-19-38(20-22-39)29-17-14-13-16-28(29)35/h13-14,16-17,23H,4-12,15,18-22H2,1-3H3/b30-23-. The number of thiocarbonyl (C=S) groups is 1. The SMILES string of the molecule is CCCCCCCCCCCCN1C(=O)/C(=C/c2c(C)c(C#N)c(=O)n(C)c2N2CCN(c3ccccc3F)CC2)SC1=S. The predicted molar refractivity (Wildman–Crippen MR) is 184 cm³/mol. The average molecular weight is 638 g/mol. The summed E-state index contributed by atoms with van der Waals surface area (Å²) < 4.78 is 16.5. The summed E-state index contributed by atoms with van der Waals surface area (Å²) in [6, 6.07) is 8.80. The van der Waals surface area contributed by atoms with E-state index in [0.717, 1.165) is 12.8 Å². The van der Waals surface area contributed by atoms with Crippen molar-refractivity contribution in [1.82, 2.24) is 9.47 Å². The number of carbonyl (C=O) groups excluding carboxylic acids is 1. The van der Waals surface area contributed by atoms with Gasteiger partial charge >= 0.3 is 0 Å². The van der Waals surface area contributed by atoms with Gasteiger partial charge < -0.3 is 9.80 Å². The van der Waals surface area contributed by atoms with Crippen molar-refractivity contribution in [3.8, 4) is 6.07 Å². The van der Waals surface area contributed by atoms with Crippen molar-refractivity contribution >= 4 is 51.8 Å². The molecule has 10 heteroatoms. The van der Waals surface area contributed by atoms with Crippen molar-refractivity contribution in [2.75, 3.05) is 42.5 Å². The van der Waals surface area contributed by atoms with E-state index < -0.39 is 0 Å². The molecule has 0 aliphatic carbocycles. The molecule has 0 N–H and O–H groups in total. The molecule has 0 unspecified atom stereocenters. The van der Waals surface area contributed by atoms with Gasteiger partial charge in [0.15, 0.2) is 0 Å². The zero-order chi connectivity index (χ0) is 31.6. The molecular formula is C34H44FN5O2S2. The second-order valence-corrected chi connectivity index (χ2v) is 13.3. The van der Waals surface area contributed by atoms with Gasteiger partial charge in [0.25, 0.3) is 11.5 Å². The Balaban J connectivity index is 1.46. The van der Waals surface area contributed by atoms with Crippen LogP contribution < -0.4 is 15.4 Å². The third kappa shape index (κ3) is 7.91. The van der Waals surface area contributed by atoms with Crippen molar-refractivity contribution in [1.29, 1.82) is 5.26 Å². The zero-order valence-electron chi connectivity index (χ0n) is 26.2. The number of nitrogens with zero attached hydrogens (tertiary/aromatic N) is 5. The van der Waals surface area contributed by atoms with Gasteiger partial charge in [0.2, 0.25) is 0 Å². The molecule has 0 radical (unpaired) electrons. The molecule has 2 aliphatic heterocycles. The van der Waals surface area contributed by atoms with Gasteiger partial charge in [0, 0.05) is 45.3 Å². The molecule has 1 aromatic carbocycles. The Morgan fingerprint density at radius 3 is 2.16 bits per heavy atom. The average Bonchev–Trinajstić information content (AvgIpc) is 3.29. The van der Waals surface area contributed by atoms with Crippen LogP contribution in [0.4, 0.5) is 15.9 Å². The molecule has 4 rings (SSSR count). The molecule has 2 saturated heterocycles. The minimum absolute atomic E-state index is 0.0633. The van der Waals surface area contributed by atoms with Gasteiger partial charge in [-0.2, -0.15) is 5.26 Å². The number of carbonyl (C=O) groups is 1. The van der Waals surface area contributed by atoms with Crippen molar-refractivity contribution in [2.24, 2.45) is 7.05 Å². The van der Waals surface area contributed by atoms with E-state index in [9.17, 15) is 19.2 Å². The topological polar surface area (TPSA) is 72.6 Å². The van der Waals surface area contributed by atoms with E-state index in [-0.39, 0.29) is 22.8 Å². The van der Waals surface area contributed by atoms with Crippen LogP contribution in [0.3, 0.4) is 0 Å². The highest BCUT2D eigenvalue weighted by atomic mass is 32.2. The van der Waals surface area contributed by atoms with E-state index in [1.165, 1.54) is 73.8 Å². The van der Waals surface area contributed by atoms with Gasteiger partial charge in [-0.25, -0.2) is 4.39 Å². The molecule has 2 aromatic rings. The van der Waals surface area contributed by atoms with E-state index >= 15 is 0 Å². The van der Waals surface area contributed by atoms with Crippen LogP contribution in [0.2, 0.25) is 0 Å². The quantitative estimate of drug-likeness (QED) is 0.124. The molecule has 0 saturated carbocycles. The van der Waals surface area contributed by atoms with Crippen LogP contribution in [-0.4, -0.2) is 52.4 Å². The summed E-state index contributed by atoms with van der Waals surface area (Å²) in [7, 11) is 1.66. The first-order valence-corrected chi connectivity index (χ1v) is 17.1. The van der Waals surface area contributed by atoms with E-state index in [0.29, 0.717) is 64.6 Å². The van der Waals surface area contributed by atoms with Gasteiger partial charge in [-0.15, -0.1) is 0 Å². The first kappa shape index (κ1) is 33.7. The Labute approximate surface area is 270 Å². The number of unbranched alkanes of at least 4 members (excludes halogenated alkanes) is 9. The number of amides is 1. The van der Waals surface area contributed by atoms with Crippen LogP contribution in [0, 0.1) is 24.1 Å². The fraction of sp³-hybridized carbons (Fsp3) is 0.529. The monoisotopic (exact) mass is 637 g/mol. The van der Waals surface area contributed by atoms with Gasteiger partial charge in [0.1, 0.15) is 27.6 Å². The second-order valence-electron chi connectivity index (χ2n) is 11.7. The number of pyridine rings is 1. The van der Waals surface area contributed by atoms with Gasteiger partial charge in [-0.3, -0.25) is 19.1 Å². The Hall–Kier alpha value is -3.16. The number of halogens is 1. The Morgan fingerprint density at radius 2 is 1.55 bits per heavy atom. The number of hydrogen-bond acceptors (Lipinski definition) is 7. The maximum atomic E-state index is 14.4. The molecule has 0 bridgehead atoms. The van der Waals surface area contributed by atoms with E-state index in [4.69, 9.17) is 12.2 Å². The number of hydrogen-bond donors (Lipinski definition) is 0. The highest BCUT2D eigenvalue weighted by Crippen LogP contribution is 2.36. The van der Waals surface area contributed by atoms with Gasteiger partial charge in [0.05, 0.1) is 10.6 Å². The number of benzene rings is 1. The van der Waals surface area contributed by atoms with Crippen LogP contribution in [-0.2, 0) is 11.8 Å². The molecule has 1 aromatic heterocycles. The summed E-state index contributed by atoms with van der Waals surface area (Å²) in [6.45, 7) is 6.82. The van der Waals surface area contributed by atoms with Crippen LogP contribution in [0.25, 0.3) is 6.08 Å². The predicted octanol–water partition coefficient (Wildman–Crippen LogP) is 7.15. The van der Waals surface area contributed by atoms with Crippen LogP contribution >= 0.6 is 24.0 Å². The Kier molecular flexibility index (Phi) is 12.4. The van der Waals surface area contributed by atoms with Gasteiger partial charge in [-0.05, 0) is 37.1 Å². The molecule has 0 atom stereocenters. The maximum Gasteiger partial charge on any atom is 0.270 e. The molecule has 2 aliphatic rings. The number of piperazine rings is 1. The number of anilines is 2. The van der Waals surface area contributed by atoms with Crippen molar-refractivity contribution in [2.45, 2.75) is 78.1 Å². The lowest BCUT2D eigenvalue weighted by Gasteiger charge is -2.38. The van der Waals surface area contributed by atoms with Crippen molar-refractivity contribution in [3.05, 3.63) is 62.0 Å². The van der Waals surface area contributed by atoms with Crippen molar-refractivity contribution < 1.29 is 9.18 Å². The molecule has 3 heterocycles. The maximum absolute atomic E-state index is 14.4. The fourth-order valence-electron chi connectivity index (χ4n) is 6.04. The third-order valence-corrected chi connectivity index (χ3v) is 10.0. The molecule has 1 amide bonds. The fourth-order valence-corrected chi connectivity index (χ4v) is 7.33. The Morgan fingerprint density at radius 1 is 0.955 bits per heavy atom. The summed E-state index contributed by atoms with van der Waals surface area (Å²) in [6.07, 6.45) is 14.0. The summed E-state index contributed by atoms with van der Waals surface area (Å²) in [4.78, 5) is 33.0. The number of thioether (sulfide) groups is 1. The molecule has 0 spiro atoms. The molecule has 236 valence electrons. The minimum atomic E-state index is -0.373. The minimum Gasteiger partial charge on any atom is -0.366 e. The second kappa shape index (κ2) is 16.2. The normalized spacial score (nSPS) is 16.3. The van der Waals surface area contributed by atoms with E-state index in [1.54, 1.807) is 37.1 Å². The number of nitriles is 1. The van der Waals surface area contributed by atoms with Crippen LogP contribution in [0.15, 0.2) is 34.0 Å². The van der Waals surface area contributed by atoms with Crippen molar-refractivity contribution in [3.63, 3.8) is 0 Å². The van der Waals surface area contributed by atoms with E-state index in [2.05, 4.69) is 17.9 Å². The Bertz CT molecular complexity index is 1470. The lowest BCUT2D eigenvalue weighted by atomic mass is 10.0. The highest BCUT2D eigenvalue weighted by Gasteiger charge is 2.33. The first-order valence-electron chi connectivity index (χ1n) is 15.9. The molecule has 44 heavy (non-hydrogen) atoms. The molecule has 7 nitrogen and oxygen atoms in total. The lowest BCUT2D eigenvalue weighted by Crippen LogP contribution is -2.48. The number of para-hydroxylation sites is 1. The third-order valence-electron chi connectivity index (χ3n) is 8.62. The summed E-state index contributed by atoms with van der Waals surface area (Å²) >= 11 is 6.88. The van der Waals surface area contributed by atoms with Crippen LogP contribution in [0.1, 0.15) is 87.8 Å². The summed E-state index contributed by atoms with van der Waals surface area (Å²) in [5.41, 5.74) is 1.46. The van der Waals surface area contributed by atoms with E-state index in [1.807, 2.05) is 11.0 Å². The largest absolute Gasteiger partial charge is 0.366 e. The highest BCUT2D eigenvalue weighted by molar-refractivity contribution is 8.26. The van der Waals surface area contributed by atoms with Gasteiger partial charge in [-0.1, -0.05) is 101 Å². The smallest absolute Gasteiger partial charge is 0.270 e. The molecular weight excluding hydrogens is 594 g/mol.